The average Bonchev–Trinajstić information content (AvgIpc) is 2.91. The van der Waals surface area contributed by atoms with E-state index in [4.69, 9.17) is 4.74 Å². The number of thiophene rings is 1. The molecule has 0 unspecified atom stereocenters. The molecule has 1 N–H and O–H groups in total. The summed E-state index contributed by atoms with van der Waals surface area (Å²) in [7, 11) is 0. The summed E-state index contributed by atoms with van der Waals surface area (Å²) in [5, 5.41) is 9.97. The van der Waals surface area contributed by atoms with Crippen LogP contribution in [-0.2, 0) is 12.8 Å². The Labute approximate surface area is 138 Å². The maximum Gasteiger partial charge on any atom is 0.416 e. The third-order valence-corrected chi connectivity index (χ3v) is 4.55. The quantitative estimate of drug-likeness (QED) is 0.702. The first kappa shape index (κ1) is 16.3. The van der Waals surface area contributed by atoms with Crippen molar-refractivity contribution >= 4 is 27.4 Å². The van der Waals surface area contributed by atoms with Crippen molar-refractivity contribution in [1.29, 1.82) is 0 Å². The molecule has 3 aromatic rings. The molecular weight excluding hydrogens is 341 g/mol. The molecule has 24 heavy (non-hydrogen) atoms. The summed E-state index contributed by atoms with van der Waals surface area (Å²) in [5.41, 5.74) is -0.215. The summed E-state index contributed by atoms with van der Waals surface area (Å²) in [6.45, 7) is -0.0147. The van der Waals surface area contributed by atoms with Gasteiger partial charge in [0.2, 0.25) is 0 Å². The number of carboxylic acids is 1. The second kappa shape index (κ2) is 6.16. The molecular formula is C17H11F3O3S. The lowest BCUT2D eigenvalue weighted by Gasteiger charge is -2.09. The number of hydrogen-bond acceptors (Lipinski definition) is 3. The fourth-order valence-electron chi connectivity index (χ4n) is 2.25. The highest BCUT2D eigenvalue weighted by Gasteiger charge is 2.30. The Balaban J connectivity index is 1.85. The van der Waals surface area contributed by atoms with Crippen LogP contribution in [0.1, 0.15) is 20.8 Å². The largest absolute Gasteiger partial charge is 0.486 e. The summed E-state index contributed by atoms with van der Waals surface area (Å²) in [6, 6.07) is 11.7. The van der Waals surface area contributed by atoms with Gasteiger partial charge in [-0.2, -0.15) is 13.2 Å². The van der Waals surface area contributed by atoms with E-state index in [1.165, 1.54) is 12.1 Å². The van der Waals surface area contributed by atoms with Gasteiger partial charge in [0.15, 0.2) is 10.6 Å². The summed E-state index contributed by atoms with van der Waals surface area (Å²) in [6.07, 6.45) is -4.39. The van der Waals surface area contributed by atoms with Crippen LogP contribution in [0.5, 0.6) is 5.75 Å². The Morgan fingerprint density at radius 2 is 1.75 bits per heavy atom. The van der Waals surface area contributed by atoms with Crippen molar-refractivity contribution in [3.63, 3.8) is 0 Å². The molecule has 0 bridgehead atoms. The lowest BCUT2D eigenvalue weighted by atomic mass is 10.1. The highest BCUT2D eigenvalue weighted by Crippen LogP contribution is 2.38. The zero-order chi connectivity index (χ0) is 17.3. The van der Waals surface area contributed by atoms with E-state index in [1.54, 1.807) is 24.3 Å². The average molecular weight is 352 g/mol. The Bertz CT molecular complexity index is 882. The monoisotopic (exact) mass is 352 g/mol. The van der Waals surface area contributed by atoms with E-state index in [9.17, 15) is 23.1 Å². The van der Waals surface area contributed by atoms with Crippen molar-refractivity contribution in [3.8, 4) is 5.75 Å². The van der Waals surface area contributed by atoms with Crippen molar-refractivity contribution in [3.05, 3.63) is 64.5 Å². The lowest BCUT2D eigenvalue weighted by Crippen LogP contribution is -2.05. The molecule has 1 heterocycles. The van der Waals surface area contributed by atoms with Gasteiger partial charge in [-0.05, 0) is 29.8 Å². The first-order valence-electron chi connectivity index (χ1n) is 6.90. The number of rotatable bonds is 4. The molecule has 1 aromatic heterocycles. The minimum Gasteiger partial charge on any atom is -0.486 e. The Morgan fingerprint density at radius 1 is 1.08 bits per heavy atom. The minimum absolute atomic E-state index is 0.0147. The molecule has 0 saturated heterocycles. The molecule has 2 aromatic carbocycles. The van der Waals surface area contributed by atoms with Crippen molar-refractivity contribution in [1.82, 2.24) is 0 Å². The molecule has 3 rings (SSSR count). The summed E-state index contributed by atoms with van der Waals surface area (Å²) >= 11 is 1.10. The van der Waals surface area contributed by atoms with Gasteiger partial charge in [-0.3, -0.25) is 0 Å². The zero-order valence-electron chi connectivity index (χ0n) is 12.1. The topological polar surface area (TPSA) is 46.5 Å². The van der Waals surface area contributed by atoms with E-state index in [2.05, 4.69) is 0 Å². The Morgan fingerprint density at radius 3 is 2.38 bits per heavy atom. The summed E-state index contributed by atoms with van der Waals surface area (Å²) < 4.78 is 44.0. The van der Waals surface area contributed by atoms with E-state index >= 15 is 0 Å². The molecule has 7 heteroatoms. The van der Waals surface area contributed by atoms with Crippen LogP contribution in [0.25, 0.3) is 10.1 Å². The molecule has 0 spiro atoms. The summed E-state index contributed by atoms with van der Waals surface area (Å²) in [4.78, 5) is 11.4. The van der Waals surface area contributed by atoms with Gasteiger partial charge >= 0.3 is 12.1 Å². The van der Waals surface area contributed by atoms with Crippen LogP contribution in [0.4, 0.5) is 13.2 Å². The molecule has 0 amide bonds. The van der Waals surface area contributed by atoms with Gasteiger partial charge in [0.1, 0.15) is 6.61 Å². The second-order valence-electron chi connectivity index (χ2n) is 5.04. The molecule has 0 radical (unpaired) electrons. The van der Waals surface area contributed by atoms with Crippen LogP contribution < -0.4 is 4.74 Å². The SMILES string of the molecule is O=C(O)c1sc2ccccc2c1OCc1ccc(C(F)(F)F)cc1. The van der Waals surface area contributed by atoms with Crippen molar-refractivity contribution < 1.29 is 27.8 Å². The van der Waals surface area contributed by atoms with E-state index in [0.29, 0.717) is 10.9 Å². The first-order chi connectivity index (χ1) is 11.4. The molecule has 0 aliphatic carbocycles. The number of halogens is 3. The number of aromatic carboxylic acids is 1. The Kier molecular flexibility index (Phi) is 4.19. The van der Waals surface area contributed by atoms with Gasteiger partial charge < -0.3 is 9.84 Å². The molecule has 3 nitrogen and oxygen atoms in total. The van der Waals surface area contributed by atoms with Gasteiger partial charge in [0, 0.05) is 10.1 Å². The number of hydrogen-bond donors (Lipinski definition) is 1. The van der Waals surface area contributed by atoms with Gasteiger partial charge in [-0.15, -0.1) is 11.3 Å². The van der Waals surface area contributed by atoms with Gasteiger partial charge in [0.05, 0.1) is 5.56 Å². The smallest absolute Gasteiger partial charge is 0.416 e. The van der Waals surface area contributed by atoms with Crippen LogP contribution in [-0.4, -0.2) is 11.1 Å². The molecule has 0 aliphatic heterocycles. The lowest BCUT2D eigenvalue weighted by molar-refractivity contribution is -0.137. The predicted octanol–water partition coefficient (Wildman–Crippen LogP) is 5.20. The number of carbonyl (C=O) groups is 1. The van der Waals surface area contributed by atoms with Crippen molar-refractivity contribution in [2.45, 2.75) is 12.8 Å². The zero-order valence-corrected chi connectivity index (χ0v) is 12.9. The third-order valence-electron chi connectivity index (χ3n) is 3.41. The summed E-state index contributed by atoms with van der Waals surface area (Å²) in [5.74, 6) is -0.860. The van der Waals surface area contributed by atoms with Gasteiger partial charge in [0.25, 0.3) is 0 Å². The third kappa shape index (κ3) is 3.21. The maximum absolute atomic E-state index is 12.5. The normalized spacial score (nSPS) is 11.6. The molecule has 0 aliphatic rings. The van der Waals surface area contributed by atoms with Crippen LogP contribution in [0.2, 0.25) is 0 Å². The first-order valence-corrected chi connectivity index (χ1v) is 7.71. The molecule has 0 saturated carbocycles. The van der Waals surface area contributed by atoms with E-state index < -0.39 is 17.7 Å². The molecule has 124 valence electrons. The van der Waals surface area contributed by atoms with Crippen LogP contribution >= 0.6 is 11.3 Å². The fourth-order valence-corrected chi connectivity index (χ4v) is 3.24. The van der Waals surface area contributed by atoms with Crippen LogP contribution in [0.3, 0.4) is 0 Å². The number of benzene rings is 2. The fraction of sp³-hybridized carbons (Fsp3) is 0.118. The minimum atomic E-state index is -4.39. The number of fused-ring (bicyclic) bond motifs is 1. The van der Waals surface area contributed by atoms with Gasteiger partial charge in [-0.25, -0.2) is 4.79 Å². The highest BCUT2D eigenvalue weighted by molar-refractivity contribution is 7.21. The van der Waals surface area contributed by atoms with E-state index in [1.807, 2.05) is 0 Å². The number of ether oxygens (including phenoxy) is 1. The number of carboxylic acid groups (broad SMARTS) is 1. The van der Waals surface area contributed by atoms with Crippen LogP contribution in [0.15, 0.2) is 48.5 Å². The number of alkyl halides is 3. The Hall–Kier alpha value is -2.54. The van der Waals surface area contributed by atoms with E-state index in [0.717, 1.165) is 28.2 Å². The van der Waals surface area contributed by atoms with Crippen LogP contribution in [0, 0.1) is 0 Å². The predicted molar refractivity (Wildman–Crippen MR) is 84.6 cm³/mol. The maximum atomic E-state index is 12.5. The molecule has 0 fully saturated rings. The van der Waals surface area contributed by atoms with Crippen molar-refractivity contribution in [2.24, 2.45) is 0 Å². The van der Waals surface area contributed by atoms with E-state index in [-0.39, 0.29) is 17.2 Å². The highest BCUT2D eigenvalue weighted by atomic mass is 32.1. The standard InChI is InChI=1S/C17H11F3O3S/c18-17(19,20)11-7-5-10(6-8-11)9-23-14-12-3-1-2-4-13(12)24-15(14)16(21)22/h1-8H,9H2,(H,21,22). The van der Waals surface area contributed by atoms with Crippen molar-refractivity contribution in [2.75, 3.05) is 0 Å². The second-order valence-corrected chi connectivity index (χ2v) is 6.10. The van der Waals surface area contributed by atoms with Gasteiger partial charge in [-0.1, -0.05) is 24.3 Å². The molecule has 0 atom stereocenters.